The minimum absolute atomic E-state index is 0. The van der Waals surface area contributed by atoms with Crippen molar-refractivity contribution in [3.05, 3.63) is 52.2 Å². The monoisotopic (exact) mass is 444 g/mol. The van der Waals surface area contributed by atoms with E-state index in [1.807, 2.05) is 48.7 Å². The average Bonchev–Trinajstić information content (AvgIpc) is 3.03. The van der Waals surface area contributed by atoms with E-state index in [2.05, 4.69) is 15.6 Å². The zero-order valence-corrected chi connectivity index (χ0v) is 16.1. The molecule has 4 N–H and O–H groups in total. The summed E-state index contributed by atoms with van der Waals surface area (Å²) in [6.07, 6.45) is 0.743. The maximum Gasteiger partial charge on any atom is 0.261 e. The summed E-state index contributed by atoms with van der Waals surface area (Å²) >= 11 is 1.43. The molecule has 0 aliphatic rings. The smallest absolute Gasteiger partial charge is 0.261 e. The summed E-state index contributed by atoms with van der Waals surface area (Å²) in [5.41, 5.74) is 7.93. The Morgan fingerprint density at radius 1 is 1.26 bits per heavy atom. The number of halogens is 1. The molecule has 0 unspecified atom stereocenters. The predicted octanol–water partition coefficient (Wildman–Crippen LogP) is 3.22. The zero-order valence-electron chi connectivity index (χ0n) is 12.9. The number of guanidine groups is 1. The summed E-state index contributed by atoms with van der Waals surface area (Å²) in [6, 6.07) is 11.6. The lowest BCUT2D eigenvalue weighted by Gasteiger charge is -2.06. The van der Waals surface area contributed by atoms with Gasteiger partial charge in [-0.1, -0.05) is 23.8 Å². The standard InChI is InChI=1S/C16H20N4OS.HI/c1-12-5-7-13(8-6-12)20-16(17)19-10-3-9-18-15(21)14-4-2-11-22-14;/h2,4-8,11H,3,9-10H2,1H3,(H,18,21)(H3,17,19,20);1H. The van der Waals surface area contributed by atoms with Crippen LogP contribution in [0.3, 0.4) is 0 Å². The van der Waals surface area contributed by atoms with Crippen molar-refractivity contribution in [2.24, 2.45) is 10.7 Å². The molecule has 0 atom stereocenters. The Hall–Kier alpha value is -1.61. The first-order valence-electron chi connectivity index (χ1n) is 7.10. The van der Waals surface area contributed by atoms with Crippen molar-refractivity contribution in [2.45, 2.75) is 13.3 Å². The third kappa shape index (κ3) is 7.00. The summed E-state index contributed by atoms with van der Waals surface area (Å²) in [6.45, 7) is 3.18. The predicted molar refractivity (Wildman–Crippen MR) is 108 cm³/mol. The second-order valence-electron chi connectivity index (χ2n) is 4.84. The largest absolute Gasteiger partial charge is 0.370 e. The molecular weight excluding hydrogens is 423 g/mol. The maximum atomic E-state index is 11.7. The van der Waals surface area contributed by atoms with E-state index in [4.69, 9.17) is 5.73 Å². The van der Waals surface area contributed by atoms with Gasteiger partial charge in [0.15, 0.2) is 5.96 Å². The molecule has 23 heavy (non-hydrogen) atoms. The number of nitrogens with one attached hydrogen (secondary N) is 2. The number of carbonyl (C=O) groups is 1. The Balaban J connectivity index is 0.00000264. The lowest BCUT2D eigenvalue weighted by Crippen LogP contribution is -2.25. The van der Waals surface area contributed by atoms with E-state index in [1.165, 1.54) is 16.9 Å². The van der Waals surface area contributed by atoms with E-state index < -0.39 is 0 Å². The van der Waals surface area contributed by atoms with Gasteiger partial charge in [-0.3, -0.25) is 9.79 Å². The van der Waals surface area contributed by atoms with Gasteiger partial charge in [0.05, 0.1) is 4.88 Å². The first kappa shape index (κ1) is 19.4. The third-order valence-corrected chi connectivity index (χ3v) is 3.84. The summed E-state index contributed by atoms with van der Waals surface area (Å²) in [4.78, 5) is 16.7. The van der Waals surface area contributed by atoms with Crippen molar-refractivity contribution >= 4 is 52.9 Å². The van der Waals surface area contributed by atoms with E-state index in [9.17, 15) is 4.79 Å². The van der Waals surface area contributed by atoms with Gasteiger partial charge in [0, 0.05) is 18.8 Å². The fourth-order valence-corrected chi connectivity index (χ4v) is 2.44. The van der Waals surface area contributed by atoms with Crippen molar-refractivity contribution in [1.82, 2.24) is 5.32 Å². The normalized spacial score (nSPS) is 10.7. The Labute approximate surface area is 157 Å². The molecule has 1 aromatic carbocycles. The van der Waals surface area contributed by atoms with Crippen LogP contribution in [0.25, 0.3) is 0 Å². The van der Waals surface area contributed by atoms with Crippen LogP contribution >= 0.6 is 35.3 Å². The average molecular weight is 444 g/mol. The van der Waals surface area contributed by atoms with Gasteiger partial charge in [0.25, 0.3) is 5.91 Å². The van der Waals surface area contributed by atoms with Crippen LogP contribution in [-0.4, -0.2) is 25.0 Å². The summed E-state index contributed by atoms with van der Waals surface area (Å²) in [7, 11) is 0. The molecule has 1 amide bonds. The van der Waals surface area contributed by atoms with E-state index >= 15 is 0 Å². The van der Waals surface area contributed by atoms with Crippen LogP contribution in [0.4, 0.5) is 5.69 Å². The summed E-state index contributed by atoms with van der Waals surface area (Å²) in [5, 5.41) is 7.77. The van der Waals surface area contributed by atoms with Crippen LogP contribution in [0.5, 0.6) is 0 Å². The number of nitrogens with zero attached hydrogens (tertiary/aromatic N) is 1. The highest BCUT2D eigenvalue weighted by Gasteiger charge is 2.04. The van der Waals surface area contributed by atoms with E-state index in [1.54, 1.807) is 0 Å². The molecule has 1 aromatic heterocycles. The number of carbonyl (C=O) groups excluding carboxylic acids is 1. The number of hydrogen-bond acceptors (Lipinski definition) is 3. The molecule has 0 radical (unpaired) electrons. The number of amides is 1. The second-order valence-corrected chi connectivity index (χ2v) is 5.79. The quantitative estimate of drug-likeness (QED) is 0.277. The van der Waals surface area contributed by atoms with Crippen molar-refractivity contribution in [3.8, 4) is 0 Å². The Kier molecular flexibility index (Phi) is 8.64. The molecular formula is C16H21IN4OS. The SMILES string of the molecule is Cc1ccc(NC(N)=NCCCNC(=O)c2cccs2)cc1.I. The molecule has 0 saturated carbocycles. The summed E-state index contributed by atoms with van der Waals surface area (Å²) < 4.78 is 0. The van der Waals surface area contributed by atoms with Crippen molar-refractivity contribution in [2.75, 3.05) is 18.4 Å². The Bertz CT molecular complexity index is 626. The number of nitrogens with two attached hydrogens (primary N) is 1. The number of benzene rings is 1. The maximum absolute atomic E-state index is 11.7. The van der Waals surface area contributed by atoms with Gasteiger partial charge < -0.3 is 16.4 Å². The van der Waals surface area contributed by atoms with Crippen LogP contribution in [-0.2, 0) is 0 Å². The number of rotatable bonds is 6. The minimum Gasteiger partial charge on any atom is -0.370 e. The third-order valence-electron chi connectivity index (χ3n) is 2.97. The van der Waals surface area contributed by atoms with Crippen molar-refractivity contribution in [1.29, 1.82) is 0 Å². The molecule has 2 aromatic rings. The van der Waals surface area contributed by atoms with Gasteiger partial charge in [-0.15, -0.1) is 35.3 Å². The van der Waals surface area contributed by atoms with Crippen LogP contribution < -0.4 is 16.4 Å². The van der Waals surface area contributed by atoms with Gasteiger partial charge in [0.2, 0.25) is 0 Å². The van der Waals surface area contributed by atoms with Crippen molar-refractivity contribution in [3.63, 3.8) is 0 Å². The van der Waals surface area contributed by atoms with Crippen LogP contribution in [0.15, 0.2) is 46.8 Å². The van der Waals surface area contributed by atoms with Gasteiger partial charge in [0.1, 0.15) is 0 Å². The number of aliphatic imine (C=N–C) groups is 1. The van der Waals surface area contributed by atoms with E-state index in [0.29, 0.717) is 19.0 Å². The fraction of sp³-hybridized carbons (Fsp3) is 0.250. The topological polar surface area (TPSA) is 79.5 Å². The number of thiophene rings is 1. The molecule has 0 saturated heterocycles. The highest BCUT2D eigenvalue weighted by molar-refractivity contribution is 14.0. The Morgan fingerprint density at radius 3 is 2.65 bits per heavy atom. The molecule has 7 heteroatoms. The summed E-state index contributed by atoms with van der Waals surface area (Å²) in [5.74, 6) is 0.346. The van der Waals surface area contributed by atoms with E-state index in [0.717, 1.165) is 17.0 Å². The molecule has 1 heterocycles. The lowest BCUT2D eigenvalue weighted by molar-refractivity contribution is 0.0957. The highest BCUT2D eigenvalue weighted by Crippen LogP contribution is 2.08. The van der Waals surface area contributed by atoms with Crippen LogP contribution in [0.1, 0.15) is 21.7 Å². The number of aryl methyl sites for hydroxylation is 1. The molecule has 2 rings (SSSR count). The van der Waals surface area contributed by atoms with Crippen LogP contribution in [0.2, 0.25) is 0 Å². The first-order chi connectivity index (χ1) is 10.6. The molecule has 124 valence electrons. The van der Waals surface area contributed by atoms with Crippen LogP contribution in [0, 0.1) is 6.92 Å². The zero-order chi connectivity index (χ0) is 15.8. The number of hydrogen-bond donors (Lipinski definition) is 3. The van der Waals surface area contributed by atoms with Gasteiger partial charge in [-0.05, 0) is 36.9 Å². The second kappa shape index (κ2) is 10.2. The molecule has 0 aliphatic heterocycles. The van der Waals surface area contributed by atoms with Gasteiger partial charge in [-0.25, -0.2) is 0 Å². The number of anilines is 1. The highest BCUT2D eigenvalue weighted by atomic mass is 127. The Morgan fingerprint density at radius 2 is 2.00 bits per heavy atom. The fourth-order valence-electron chi connectivity index (χ4n) is 1.80. The molecule has 0 spiro atoms. The molecule has 0 aliphatic carbocycles. The van der Waals surface area contributed by atoms with Gasteiger partial charge in [-0.2, -0.15) is 0 Å². The molecule has 0 fully saturated rings. The van der Waals surface area contributed by atoms with E-state index in [-0.39, 0.29) is 29.9 Å². The minimum atomic E-state index is -0.0373. The molecule has 5 nitrogen and oxygen atoms in total. The van der Waals surface area contributed by atoms with Crippen molar-refractivity contribution < 1.29 is 4.79 Å². The van der Waals surface area contributed by atoms with Gasteiger partial charge >= 0.3 is 0 Å². The molecule has 0 bridgehead atoms. The lowest BCUT2D eigenvalue weighted by atomic mass is 10.2. The first-order valence-corrected chi connectivity index (χ1v) is 7.98.